The Morgan fingerprint density at radius 2 is 1.78 bits per heavy atom. The number of hydrogen-bond acceptors (Lipinski definition) is 11. The van der Waals surface area contributed by atoms with Crippen LogP contribution in [0.1, 0.15) is 0 Å². The first-order valence-corrected chi connectivity index (χ1v) is 10.4. The van der Waals surface area contributed by atoms with Gasteiger partial charge in [-0.2, -0.15) is 21.8 Å². The van der Waals surface area contributed by atoms with Gasteiger partial charge in [-0.05, 0) is 30.0 Å². The smallest absolute Gasteiger partial charge is 0.296 e. The van der Waals surface area contributed by atoms with Crippen LogP contribution in [0.3, 0.4) is 0 Å². The molecule has 0 saturated heterocycles. The summed E-state index contributed by atoms with van der Waals surface area (Å²) in [4.78, 5) is 14.3. The van der Waals surface area contributed by atoms with E-state index < -0.39 is 30.0 Å². The molecule has 0 bridgehead atoms. The minimum Gasteiger partial charge on any atom is -0.323 e. The van der Waals surface area contributed by atoms with Gasteiger partial charge in [-0.3, -0.25) is 14.2 Å². The zero-order chi connectivity index (χ0) is 19.7. The van der Waals surface area contributed by atoms with Crippen LogP contribution in [0.25, 0.3) is 0 Å². The van der Waals surface area contributed by atoms with Crippen LogP contribution in [0.15, 0.2) is 51.0 Å². The molecule has 4 N–H and O–H groups in total. The normalized spacial score (nSPS) is 12.1. The van der Waals surface area contributed by atoms with E-state index in [1.54, 1.807) is 0 Å². The van der Waals surface area contributed by atoms with Crippen LogP contribution in [0.5, 0.6) is 0 Å². The lowest BCUT2D eigenvalue weighted by atomic mass is 10.3. The van der Waals surface area contributed by atoms with E-state index in [9.17, 15) is 21.4 Å². The van der Waals surface area contributed by atoms with Crippen molar-refractivity contribution in [3.63, 3.8) is 0 Å². The lowest BCUT2D eigenvalue weighted by molar-refractivity contribution is 0.479. The Hall–Kier alpha value is -2.66. The maximum Gasteiger partial charge on any atom is 0.296 e. The van der Waals surface area contributed by atoms with Gasteiger partial charge in [0.25, 0.3) is 20.2 Å². The highest BCUT2D eigenvalue weighted by molar-refractivity contribution is 7.99. The monoisotopic (exact) mass is 431 g/mol. The van der Waals surface area contributed by atoms with E-state index in [-0.39, 0.29) is 16.8 Å². The third-order valence-corrected chi connectivity index (χ3v) is 5.42. The Morgan fingerprint density at radius 1 is 1.00 bits per heavy atom. The highest BCUT2D eigenvalue weighted by Gasteiger charge is 2.20. The fourth-order valence-electron chi connectivity index (χ4n) is 1.83. The van der Waals surface area contributed by atoms with Crippen LogP contribution >= 0.6 is 11.8 Å². The predicted molar refractivity (Wildman–Crippen MR) is 89.7 cm³/mol. The lowest BCUT2D eigenvalue weighted by Crippen LogP contribution is -2.08. The van der Waals surface area contributed by atoms with Gasteiger partial charge in [-0.25, -0.2) is 15.0 Å². The van der Waals surface area contributed by atoms with Crippen LogP contribution in [0.4, 0.5) is 11.6 Å². The first kappa shape index (κ1) is 19.1. The summed E-state index contributed by atoms with van der Waals surface area (Å²) in [5, 5.41) is 9.26. The van der Waals surface area contributed by atoms with E-state index in [1.807, 2.05) is 0 Å². The second-order valence-electron chi connectivity index (χ2n) is 4.71. The average molecular weight is 431 g/mol. The largest absolute Gasteiger partial charge is 0.323 e. The zero-order valence-electron chi connectivity index (χ0n) is 12.9. The van der Waals surface area contributed by atoms with Gasteiger partial charge in [0.15, 0.2) is 5.16 Å². The standard InChI is InChI=1S/C11H9N7O6S3/c19-26(20,21)6-1-2-8(27(22,23)24)7(3-6)16-9-12-4-13-10(17-9)25-11-14-5-15-18-11/h1-5H,(H,14,15,18)(H,19,20,21)(H,22,23,24)(H,12,13,16,17). The van der Waals surface area contributed by atoms with Crippen LogP contribution in [0, 0.1) is 0 Å². The van der Waals surface area contributed by atoms with Crippen molar-refractivity contribution in [1.29, 1.82) is 0 Å². The number of aromatic nitrogens is 6. The van der Waals surface area contributed by atoms with Gasteiger partial charge in [0.2, 0.25) is 11.1 Å². The van der Waals surface area contributed by atoms with Crippen LogP contribution in [-0.2, 0) is 20.2 Å². The summed E-state index contributed by atoms with van der Waals surface area (Å²) in [6.07, 6.45) is 2.46. The van der Waals surface area contributed by atoms with Gasteiger partial charge in [-0.15, -0.1) is 5.10 Å². The molecule has 0 radical (unpaired) electrons. The number of nitrogens with zero attached hydrogens (tertiary/aromatic N) is 5. The fraction of sp³-hybridized carbons (Fsp3) is 0. The summed E-state index contributed by atoms with van der Waals surface area (Å²) in [6, 6.07) is 2.44. The van der Waals surface area contributed by atoms with Crippen LogP contribution < -0.4 is 5.32 Å². The Morgan fingerprint density at radius 3 is 2.41 bits per heavy atom. The summed E-state index contributed by atoms with van der Waals surface area (Å²) in [7, 11) is -9.32. The van der Waals surface area contributed by atoms with Crippen molar-refractivity contribution in [2.45, 2.75) is 20.1 Å². The maximum absolute atomic E-state index is 11.5. The number of benzene rings is 1. The lowest BCUT2D eigenvalue weighted by Gasteiger charge is -2.10. The van der Waals surface area contributed by atoms with Crippen molar-refractivity contribution in [2.24, 2.45) is 0 Å². The van der Waals surface area contributed by atoms with E-state index in [4.69, 9.17) is 4.55 Å². The number of H-pyrrole nitrogens is 1. The molecule has 27 heavy (non-hydrogen) atoms. The number of anilines is 2. The third kappa shape index (κ3) is 4.74. The quantitative estimate of drug-likeness (QED) is 0.390. The molecule has 142 valence electrons. The molecule has 0 fully saturated rings. The number of aromatic amines is 1. The molecule has 0 atom stereocenters. The Balaban J connectivity index is 1.99. The molecule has 2 heterocycles. The topological polar surface area (TPSA) is 201 Å². The second kappa shape index (κ2) is 7.16. The summed E-state index contributed by atoms with van der Waals surface area (Å²) in [6.45, 7) is 0. The van der Waals surface area contributed by atoms with Crippen molar-refractivity contribution >= 4 is 43.6 Å². The third-order valence-electron chi connectivity index (χ3n) is 2.90. The summed E-state index contributed by atoms with van der Waals surface area (Å²) < 4.78 is 64.0. The molecular weight excluding hydrogens is 422 g/mol. The second-order valence-corrected chi connectivity index (χ2v) is 8.45. The van der Waals surface area contributed by atoms with E-state index in [1.165, 1.54) is 6.33 Å². The number of nitrogens with one attached hydrogen (secondary N) is 2. The Bertz CT molecular complexity index is 1180. The summed E-state index contributed by atoms with van der Waals surface area (Å²) >= 11 is 0.977. The van der Waals surface area contributed by atoms with Crippen molar-refractivity contribution in [3.05, 3.63) is 30.9 Å². The van der Waals surface area contributed by atoms with Crippen molar-refractivity contribution in [3.8, 4) is 0 Å². The van der Waals surface area contributed by atoms with Gasteiger partial charge in [0, 0.05) is 0 Å². The van der Waals surface area contributed by atoms with E-state index in [2.05, 4.69) is 35.5 Å². The van der Waals surface area contributed by atoms with Crippen LogP contribution in [-0.4, -0.2) is 56.1 Å². The molecule has 3 rings (SSSR count). The van der Waals surface area contributed by atoms with Gasteiger partial charge in [0.05, 0.1) is 10.6 Å². The first-order valence-electron chi connectivity index (χ1n) is 6.71. The zero-order valence-corrected chi connectivity index (χ0v) is 15.3. The maximum atomic E-state index is 11.5. The van der Waals surface area contributed by atoms with Crippen molar-refractivity contribution in [1.82, 2.24) is 30.1 Å². The highest BCUT2D eigenvalue weighted by Crippen LogP contribution is 2.27. The Kier molecular flexibility index (Phi) is 5.07. The molecule has 0 unspecified atom stereocenters. The average Bonchev–Trinajstić information content (AvgIpc) is 3.06. The molecule has 0 spiro atoms. The molecule has 0 aliphatic carbocycles. The fourth-order valence-corrected chi connectivity index (χ4v) is 3.56. The van der Waals surface area contributed by atoms with E-state index in [0.717, 1.165) is 36.3 Å². The van der Waals surface area contributed by atoms with Crippen LogP contribution in [0.2, 0.25) is 0 Å². The summed E-state index contributed by atoms with van der Waals surface area (Å²) in [5.41, 5.74) is -0.368. The van der Waals surface area contributed by atoms with Crippen molar-refractivity contribution < 1.29 is 25.9 Å². The summed E-state index contributed by atoms with van der Waals surface area (Å²) in [5.74, 6) is -0.152. The minimum atomic E-state index is -4.71. The molecule has 3 aromatic rings. The van der Waals surface area contributed by atoms with E-state index in [0.29, 0.717) is 5.16 Å². The van der Waals surface area contributed by atoms with Gasteiger partial charge in [-0.1, -0.05) is 0 Å². The molecule has 0 amide bonds. The van der Waals surface area contributed by atoms with Gasteiger partial charge in [0.1, 0.15) is 17.6 Å². The molecule has 0 aliphatic rings. The molecule has 16 heteroatoms. The van der Waals surface area contributed by atoms with Crippen molar-refractivity contribution in [2.75, 3.05) is 5.32 Å². The van der Waals surface area contributed by atoms with Gasteiger partial charge < -0.3 is 5.32 Å². The first-order chi connectivity index (χ1) is 12.6. The highest BCUT2D eigenvalue weighted by atomic mass is 32.2. The molecule has 13 nitrogen and oxygen atoms in total. The SMILES string of the molecule is O=S(=O)(O)c1ccc(S(=O)(=O)O)c(Nc2ncnc(Sc3nc[nH]n3)n2)c1. The predicted octanol–water partition coefficient (Wildman–Crippen LogP) is 0.378. The molecular formula is C11H9N7O6S3. The molecule has 2 aromatic heterocycles. The Labute approximate surface area is 156 Å². The minimum absolute atomic E-state index is 0.152. The number of hydrogen-bond donors (Lipinski definition) is 4. The molecule has 0 aliphatic heterocycles. The molecule has 0 saturated carbocycles. The molecule has 1 aromatic carbocycles. The number of rotatable bonds is 6. The van der Waals surface area contributed by atoms with E-state index >= 15 is 0 Å². The van der Waals surface area contributed by atoms with Gasteiger partial charge >= 0.3 is 0 Å².